The molecule has 8 nitrogen and oxygen atoms in total. The number of fused-ring (bicyclic) bond motifs is 2. The number of rotatable bonds is 6. The third-order valence-corrected chi connectivity index (χ3v) is 9.66. The molecule has 12 heteroatoms. The van der Waals surface area contributed by atoms with Crippen molar-refractivity contribution in [2.75, 3.05) is 13.1 Å². The molecule has 1 aliphatic carbocycles. The molecule has 1 saturated carbocycles. The molecule has 8 rings (SSSR count). The van der Waals surface area contributed by atoms with E-state index in [0.29, 0.717) is 71.8 Å². The van der Waals surface area contributed by atoms with Gasteiger partial charge in [0.15, 0.2) is 0 Å². The number of nitrogens with one attached hydrogen (secondary N) is 1. The predicted octanol–water partition coefficient (Wildman–Crippen LogP) is 7.92. The maximum absolute atomic E-state index is 16.2. The Morgan fingerprint density at radius 3 is 2.55 bits per heavy atom. The van der Waals surface area contributed by atoms with E-state index in [1.54, 1.807) is 36.5 Å². The molecule has 3 aliphatic heterocycles. The number of amides is 2. The van der Waals surface area contributed by atoms with Crippen LogP contribution in [0.25, 0.3) is 22.2 Å². The van der Waals surface area contributed by atoms with E-state index >= 15 is 8.78 Å². The molecule has 4 aliphatic rings. The zero-order valence-corrected chi connectivity index (χ0v) is 30.8. The van der Waals surface area contributed by atoms with Crippen molar-refractivity contribution in [3.05, 3.63) is 83.2 Å². The predicted molar refractivity (Wildman–Crippen MR) is 193 cm³/mol. The zero-order chi connectivity index (χ0) is 33.5. The number of likely N-dealkylation sites (tertiary alicyclic amines) is 1. The normalized spacial score (nSPS) is 25.2. The van der Waals surface area contributed by atoms with Gasteiger partial charge < -0.3 is 4.74 Å². The fourth-order valence-corrected chi connectivity index (χ4v) is 7.11. The fourth-order valence-electron chi connectivity index (χ4n) is 7.11. The summed E-state index contributed by atoms with van der Waals surface area (Å²) in [5.41, 5.74) is 2.24. The van der Waals surface area contributed by atoms with Crippen LogP contribution in [0.5, 0.6) is 0 Å². The van der Waals surface area contributed by atoms with E-state index in [1.165, 1.54) is 0 Å². The van der Waals surface area contributed by atoms with Gasteiger partial charge in [0.25, 0.3) is 0 Å². The third-order valence-electron chi connectivity index (χ3n) is 9.66. The molecule has 0 bridgehead atoms. The van der Waals surface area contributed by atoms with Crippen LogP contribution < -0.4 is 5.32 Å². The fraction of sp³-hybridized carbons (Fsp3) is 0.429. The number of aromatic nitrogens is 3. The molecular formula is C35H37F2I2N5O3. The van der Waals surface area contributed by atoms with Crippen LogP contribution in [0.2, 0.25) is 0 Å². The maximum atomic E-state index is 16.2. The Morgan fingerprint density at radius 1 is 1.06 bits per heavy atom. The van der Waals surface area contributed by atoms with Gasteiger partial charge in [-0.05, 0) is 74.1 Å². The minimum Gasteiger partial charge on any atom is -0.356 e. The number of halogens is 4. The Balaban J connectivity index is 0.000000932. The van der Waals surface area contributed by atoms with Crippen LogP contribution in [0.15, 0.2) is 54.9 Å². The minimum atomic E-state index is -0.762. The van der Waals surface area contributed by atoms with Crippen molar-refractivity contribution in [2.24, 2.45) is 0 Å². The van der Waals surface area contributed by atoms with Crippen molar-refractivity contribution in [1.82, 2.24) is 25.0 Å². The largest absolute Gasteiger partial charge is 0.356 e. The van der Waals surface area contributed by atoms with Gasteiger partial charge in [0, 0.05) is 92.2 Å². The lowest BCUT2D eigenvalue weighted by atomic mass is 9.80. The maximum Gasteiger partial charge on any atom is 0.234 e. The van der Waals surface area contributed by atoms with E-state index < -0.39 is 22.9 Å². The van der Waals surface area contributed by atoms with Crippen LogP contribution in [-0.4, -0.2) is 50.2 Å². The quantitative estimate of drug-likeness (QED) is 0.120. The number of ether oxygens (including phenoxy) is 1. The summed E-state index contributed by atoms with van der Waals surface area (Å²) in [5.74, 6) is -1.89. The summed E-state index contributed by atoms with van der Waals surface area (Å²) in [7, 11) is 0. The number of piperidine rings is 2. The average molecular weight is 868 g/mol. The van der Waals surface area contributed by atoms with Gasteiger partial charge in [-0.25, -0.2) is 8.78 Å². The Morgan fingerprint density at radius 2 is 1.85 bits per heavy atom. The zero-order valence-electron chi connectivity index (χ0n) is 26.5. The molecule has 1 N–H and O–H groups in total. The molecule has 0 radical (unpaired) electrons. The summed E-state index contributed by atoms with van der Waals surface area (Å²) in [4.78, 5) is 30.7. The first kappa shape index (κ1) is 34.3. The van der Waals surface area contributed by atoms with Crippen molar-refractivity contribution in [2.45, 2.75) is 82.6 Å². The molecule has 3 saturated heterocycles. The molecule has 2 aromatic heterocycles. The summed E-state index contributed by atoms with van der Waals surface area (Å²) >= 11 is 4.24. The van der Waals surface area contributed by atoms with Crippen molar-refractivity contribution >= 4 is 59.9 Å². The Kier molecular flexibility index (Phi) is 10.0. The summed E-state index contributed by atoms with van der Waals surface area (Å²) in [5, 5.41) is 7.26. The third kappa shape index (κ3) is 6.46. The summed E-state index contributed by atoms with van der Waals surface area (Å²) in [6, 6.07) is 12.9. The lowest BCUT2D eigenvalue weighted by molar-refractivity contribution is -0.134. The van der Waals surface area contributed by atoms with Gasteiger partial charge in [-0.3, -0.25) is 29.5 Å². The molecule has 0 spiro atoms. The summed E-state index contributed by atoms with van der Waals surface area (Å²) in [6.07, 6.45) is 6.96. The SMILES string of the molecule is CC.CC12CN(Cc3ccc(-c4ccn(C5CC5)n4)c(F)c3)CCC1(c1ccc3ncc(C4CCC(=O)NC4=O)cc3c1F)O2.II. The highest BCUT2D eigenvalue weighted by Crippen LogP contribution is 2.61. The summed E-state index contributed by atoms with van der Waals surface area (Å²) in [6.45, 7) is 7.80. The van der Waals surface area contributed by atoms with Crippen molar-refractivity contribution < 1.29 is 23.1 Å². The van der Waals surface area contributed by atoms with E-state index in [4.69, 9.17) is 4.74 Å². The van der Waals surface area contributed by atoms with Crippen molar-refractivity contribution in [3.63, 3.8) is 0 Å². The number of carbonyl (C=O) groups is 2. The highest BCUT2D eigenvalue weighted by Gasteiger charge is 2.70. The Hall–Kier alpha value is -2.56. The number of imide groups is 1. The smallest absolute Gasteiger partial charge is 0.234 e. The second kappa shape index (κ2) is 13.7. The second-order valence-corrected chi connectivity index (χ2v) is 12.6. The first-order valence-electron chi connectivity index (χ1n) is 16.1. The van der Waals surface area contributed by atoms with E-state index in [1.807, 2.05) is 43.8 Å². The lowest BCUT2D eigenvalue weighted by Crippen LogP contribution is -2.44. The van der Waals surface area contributed by atoms with E-state index in [9.17, 15) is 9.59 Å². The number of carbonyl (C=O) groups excluding carboxylic acids is 2. The van der Waals surface area contributed by atoms with Crippen LogP contribution in [-0.2, 0) is 26.5 Å². The monoisotopic (exact) mass is 867 g/mol. The van der Waals surface area contributed by atoms with E-state index in [2.05, 4.69) is 57.5 Å². The molecule has 47 heavy (non-hydrogen) atoms. The second-order valence-electron chi connectivity index (χ2n) is 12.6. The molecule has 2 amide bonds. The molecule has 4 fully saturated rings. The Bertz CT molecular complexity index is 1830. The van der Waals surface area contributed by atoms with E-state index in [-0.39, 0.29) is 24.1 Å². The van der Waals surface area contributed by atoms with Crippen LogP contribution in [0, 0.1) is 11.6 Å². The molecule has 3 atom stereocenters. The van der Waals surface area contributed by atoms with Crippen molar-refractivity contribution in [3.8, 4) is 11.3 Å². The van der Waals surface area contributed by atoms with Crippen LogP contribution >= 0.6 is 37.2 Å². The average Bonchev–Trinajstić information content (AvgIpc) is 3.97. The first-order chi connectivity index (χ1) is 22.7. The number of epoxide rings is 1. The summed E-state index contributed by atoms with van der Waals surface area (Å²) < 4.78 is 39.6. The Labute approximate surface area is 296 Å². The number of benzene rings is 2. The molecule has 4 aromatic rings. The van der Waals surface area contributed by atoms with Crippen molar-refractivity contribution in [1.29, 1.82) is 0 Å². The molecule has 2 aromatic carbocycles. The lowest BCUT2D eigenvalue weighted by Gasteiger charge is -2.33. The topological polar surface area (TPSA) is 92.7 Å². The van der Waals surface area contributed by atoms with E-state index in [0.717, 1.165) is 18.4 Å². The van der Waals surface area contributed by atoms with Crippen LogP contribution in [0.4, 0.5) is 8.78 Å². The number of pyridine rings is 1. The number of hydrogen-bond donors (Lipinski definition) is 1. The molecule has 5 heterocycles. The number of nitrogens with zero attached hydrogens (tertiary/aromatic N) is 4. The van der Waals surface area contributed by atoms with Gasteiger partial charge in [0.1, 0.15) is 22.8 Å². The molecule has 3 unspecified atom stereocenters. The van der Waals surface area contributed by atoms with Crippen LogP contribution in [0.3, 0.4) is 0 Å². The van der Waals surface area contributed by atoms with Gasteiger partial charge in [-0.15, -0.1) is 0 Å². The van der Waals surface area contributed by atoms with Gasteiger partial charge in [0.05, 0.1) is 23.2 Å². The van der Waals surface area contributed by atoms with Crippen LogP contribution in [0.1, 0.15) is 81.5 Å². The first-order valence-corrected chi connectivity index (χ1v) is 22.3. The number of hydrogen-bond acceptors (Lipinski definition) is 6. The molecular weight excluding hydrogens is 830 g/mol. The minimum absolute atomic E-state index is 0.241. The van der Waals surface area contributed by atoms with Gasteiger partial charge >= 0.3 is 0 Å². The molecule has 248 valence electrons. The standard InChI is InChI=1S/C33H31F2N5O3.C2H6.I2/c1-32-18-39(17-19-2-5-23(26(34)14-19)28-10-12-40(38-28)21-3-4-21)13-11-33(32,43-32)25-7-8-27-24(30(25)35)15-20(16-36-27)22-6-9-29(41)37-31(22)42;2*1-2/h2,5,7-8,10,12,14-16,21-22H,3-4,6,9,11,13,17-18H2,1H3,(H,37,41,42);1-2H3;. The highest BCUT2D eigenvalue weighted by molar-refractivity contribution is 15.0. The van der Waals surface area contributed by atoms with Gasteiger partial charge in [0.2, 0.25) is 11.8 Å². The highest BCUT2D eigenvalue weighted by atomic mass is 128. The van der Waals surface area contributed by atoms with Gasteiger partial charge in [-0.1, -0.05) is 26.0 Å². The van der Waals surface area contributed by atoms with Gasteiger partial charge in [-0.2, -0.15) is 5.10 Å².